The van der Waals surface area contributed by atoms with E-state index in [1.165, 1.54) is 5.56 Å². The van der Waals surface area contributed by atoms with Crippen LogP contribution in [0.15, 0.2) is 39.4 Å². The number of nitrogens with zero attached hydrogens (tertiary/aromatic N) is 2. The molecule has 1 unspecified atom stereocenters. The van der Waals surface area contributed by atoms with Gasteiger partial charge in [0.25, 0.3) is 0 Å². The SMILES string of the molecule is CCNC(c1ccc(Br)cc1)c1c(Br)cnn1C. The van der Waals surface area contributed by atoms with Gasteiger partial charge in [0.05, 0.1) is 22.4 Å². The van der Waals surface area contributed by atoms with Crippen LogP contribution in [0.2, 0.25) is 0 Å². The van der Waals surface area contributed by atoms with Gasteiger partial charge in [-0.1, -0.05) is 35.0 Å². The van der Waals surface area contributed by atoms with Crippen LogP contribution in [0.4, 0.5) is 0 Å². The van der Waals surface area contributed by atoms with E-state index in [2.05, 4.69) is 73.5 Å². The summed E-state index contributed by atoms with van der Waals surface area (Å²) in [6.07, 6.45) is 1.83. The molecule has 0 fully saturated rings. The summed E-state index contributed by atoms with van der Waals surface area (Å²) in [7, 11) is 1.96. The van der Waals surface area contributed by atoms with E-state index >= 15 is 0 Å². The number of benzene rings is 1. The van der Waals surface area contributed by atoms with Crippen LogP contribution in [-0.2, 0) is 7.05 Å². The van der Waals surface area contributed by atoms with Gasteiger partial charge in [-0.25, -0.2) is 0 Å². The summed E-state index contributed by atoms with van der Waals surface area (Å²) >= 11 is 7.03. The summed E-state index contributed by atoms with van der Waals surface area (Å²) in [6.45, 7) is 3.01. The molecule has 5 heteroatoms. The first-order chi connectivity index (χ1) is 8.63. The van der Waals surface area contributed by atoms with E-state index in [4.69, 9.17) is 0 Å². The van der Waals surface area contributed by atoms with Crippen molar-refractivity contribution in [3.8, 4) is 0 Å². The highest BCUT2D eigenvalue weighted by Gasteiger charge is 2.19. The van der Waals surface area contributed by atoms with Crippen LogP contribution in [-0.4, -0.2) is 16.3 Å². The van der Waals surface area contributed by atoms with Gasteiger partial charge in [-0.15, -0.1) is 0 Å². The van der Waals surface area contributed by atoms with Gasteiger partial charge in [0.2, 0.25) is 0 Å². The maximum atomic E-state index is 4.28. The number of nitrogens with one attached hydrogen (secondary N) is 1. The lowest BCUT2D eigenvalue weighted by Crippen LogP contribution is -2.24. The fraction of sp³-hybridized carbons (Fsp3) is 0.308. The molecule has 2 rings (SSSR count). The van der Waals surface area contributed by atoms with E-state index in [-0.39, 0.29) is 6.04 Å². The molecule has 96 valence electrons. The highest BCUT2D eigenvalue weighted by Crippen LogP contribution is 2.28. The summed E-state index contributed by atoms with van der Waals surface area (Å²) in [5, 5.41) is 7.78. The molecule has 0 spiro atoms. The molecule has 0 bridgehead atoms. The molecule has 0 aliphatic carbocycles. The standard InChI is InChI=1S/C13H15Br2N3/c1-3-16-12(9-4-6-10(14)7-5-9)13-11(15)8-17-18(13)2/h4-8,12,16H,3H2,1-2H3. The topological polar surface area (TPSA) is 29.9 Å². The Bertz CT molecular complexity index is 500. The number of halogens is 2. The quantitative estimate of drug-likeness (QED) is 0.887. The van der Waals surface area contributed by atoms with Crippen molar-refractivity contribution >= 4 is 31.9 Å². The molecule has 0 aliphatic rings. The van der Waals surface area contributed by atoms with Crippen molar-refractivity contribution in [2.75, 3.05) is 6.54 Å². The summed E-state index contributed by atoms with van der Waals surface area (Å²) in [5.41, 5.74) is 2.36. The summed E-state index contributed by atoms with van der Waals surface area (Å²) in [4.78, 5) is 0. The highest BCUT2D eigenvalue weighted by molar-refractivity contribution is 9.10. The van der Waals surface area contributed by atoms with Gasteiger partial charge in [-0.2, -0.15) is 5.10 Å². The third-order valence-electron chi connectivity index (χ3n) is 2.82. The van der Waals surface area contributed by atoms with Crippen LogP contribution in [0.3, 0.4) is 0 Å². The Morgan fingerprint density at radius 2 is 1.94 bits per heavy atom. The van der Waals surface area contributed by atoms with E-state index in [0.717, 1.165) is 21.2 Å². The number of hydrogen-bond acceptors (Lipinski definition) is 2. The van der Waals surface area contributed by atoms with Crippen LogP contribution < -0.4 is 5.32 Å². The third-order valence-corrected chi connectivity index (χ3v) is 3.96. The largest absolute Gasteiger partial charge is 0.305 e. The first-order valence-corrected chi connectivity index (χ1v) is 7.38. The maximum Gasteiger partial charge on any atom is 0.0759 e. The van der Waals surface area contributed by atoms with Gasteiger partial charge < -0.3 is 5.32 Å². The molecule has 0 saturated carbocycles. The van der Waals surface area contributed by atoms with Crippen molar-refractivity contribution in [2.24, 2.45) is 7.05 Å². The van der Waals surface area contributed by atoms with Crippen molar-refractivity contribution in [2.45, 2.75) is 13.0 Å². The second kappa shape index (κ2) is 5.99. The minimum absolute atomic E-state index is 0.143. The van der Waals surface area contributed by atoms with Crippen molar-refractivity contribution in [3.05, 3.63) is 50.7 Å². The summed E-state index contributed by atoms with van der Waals surface area (Å²) in [6, 6.07) is 8.51. The lowest BCUT2D eigenvalue weighted by atomic mass is 10.0. The van der Waals surface area contributed by atoms with Crippen LogP contribution in [0.1, 0.15) is 24.2 Å². The summed E-state index contributed by atoms with van der Waals surface area (Å²) < 4.78 is 4.02. The minimum Gasteiger partial charge on any atom is -0.305 e. The Labute approximate surface area is 124 Å². The Morgan fingerprint density at radius 3 is 2.44 bits per heavy atom. The zero-order chi connectivity index (χ0) is 13.1. The van der Waals surface area contributed by atoms with E-state index in [1.807, 2.05) is 17.9 Å². The Morgan fingerprint density at radius 1 is 1.28 bits per heavy atom. The smallest absolute Gasteiger partial charge is 0.0759 e. The van der Waals surface area contributed by atoms with Crippen molar-refractivity contribution in [3.63, 3.8) is 0 Å². The number of rotatable bonds is 4. The lowest BCUT2D eigenvalue weighted by Gasteiger charge is -2.19. The Kier molecular flexibility index (Phi) is 4.59. The summed E-state index contributed by atoms with van der Waals surface area (Å²) in [5.74, 6) is 0. The molecule has 18 heavy (non-hydrogen) atoms. The maximum absolute atomic E-state index is 4.28. The number of hydrogen-bond donors (Lipinski definition) is 1. The van der Waals surface area contributed by atoms with Gasteiger partial charge >= 0.3 is 0 Å². The lowest BCUT2D eigenvalue weighted by molar-refractivity contribution is 0.571. The molecule has 2 aromatic rings. The van der Waals surface area contributed by atoms with Crippen LogP contribution in [0.5, 0.6) is 0 Å². The zero-order valence-corrected chi connectivity index (χ0v) is 13.5. The molecular formula is C13H15Br2N3. The predicted octanol–water partition coefficient (Wildman–Crippen LogP) is 3.64. The fourth-order valence-corrected chi connectivity index (χ4v) is 2.82. The third kappa shape index (κ3) is 2.84. The zero-order valence-electron chi connectivity index (χ0n) is 10.3. The monoisotopic (exact) mass is 371 g/mol. The van der Waals surface area contributed by atoms with E-state index in [9.17, 15) is 0 Å². The van der Waals surface area contributed by atoms with Crippen LogP contribution in [0.25, 0.3) is 0 Å². The molecular weight excluding hydrogens is 358 g/mol. The first kappa shape index (κ1) is 13.8. The number of aryl methyl sites for hydroxylation is 1. The first-order valence-electron chi connectivity index (χ1n) is 5.79. The van der Waals surface area contributed by atoms with Gasteiger partial charge in [0.1, 0.15) is 0 Å². The highest BCUT2D eigenvalue weighted by atomic mass is 79.9. The van der Waals surface area contributed by atoms with Gasteiger partial charge in [-0.3, -0.25) is 4.68 Å². The average Bonchev–Trinajstić information content (AvgIpc) is 2.68. The Hall–Kier alpha value is -0.650. The molecule has 3 nitrogen and oxygen atoms in total. The molecule has 1 aromatic heterocycles. The number of aromatic nitrogens is 2. The molecule has 0 saturated heterocycles. The fourth-order valence-electron chi connectivity index (χ4n) is 1.98. The van der Waals surface area contributed by atoms with Crippen LogP contribution in [0, 0.1) is 0 Å². The van der Waals surface area contributed by atoms with E-state index in [1.54, 1.807) is 0 Å². The normalized spacial score (nSPS) is 12.7. The second-order valence-electron chi connectivity index (χ2n) is 4.04. The molecule has 1 aromatic carbocycles. The predicted molar refractivity (Wildman–Crippen MR) is 80.6 cm³/mol. The molecule has 1 atom stereocenters. The van der Waals surface area contributed by atoms with Crippen molar-refractivity contribution < 1.29 is 0 Å². The van der Waals surface area contributed by atoms with Crippen molar-refractivity contribution in [1.29, 1.82) is 0 Å². The van der Waals surface area contributed by atoms with E-state index < -0.39 is 0 Å². The average molecular weight is 373 g/mol. The molecule has 0 radical (unpaired) electrons. The van der Waals surface area contributed by atoms with Gasteiger partial charge in [0.15, 0.2) is 0 Å². The molecule has 1 N–H and O–H groups in total. The van der Waals surface area contributed by atoms with Gasteiger partial charge in [-0.05, 0) is 40.2 Å². The minimum atomic E-state index is 0.143. The second-order valence-corrected chi connectivity index (χ2v) is 5.81. The van der Waals surface area contributed by atoms with Crippen LogP contribution >= 0.6 is 31.9 Å². The molecule has 0 amide bonds. The van der Waals surface area contributed by atoms with E-state index in [0.29, 0.717) is 0 Å². The molecule has 0 aliphatic heterocycles. The van der Waals surface area contributed by atoms with Gasteiger partial charge in [0, 0.05) is 11.5 Å². The Balaban J connectivity index is 2.43. The van der Waals surface area contributed by atoms with Crippen molar-refractivity contribution in [1.82, 2.24) is 15.1 Å². The molecule has 1 heterocycles.